The number of hydrogen-bond donors (Lipinski definition) is 0. The molecule has 1 amide bonds. The van der Waals surface area contributed by atoms with Gasteiger partial charge in [-0.15, -0.1) is 0 Å². The fraction of sp³-hybridized carbons (Fsp3) is 0.278. The number of hydrogen-bond acceptors (Lipinski definition) is 6. The molecule has 3 heterocycles. The first-order valence-electron chi connectivity index (χ1n) is 8.33. The van der Waals surface area contributed by atoms with Gasteiger partial charge in [0.15, 0.2) is 5.76 Å². The van der Waals surface area contributed by atoms with Crippen LogP contribution in [0.2, 0.25) is 5.02 Å². The molecule has 0 bridgehead atoms. The van der Waals surface area contributed by atoms with Crippen LogP contribution >= 0.6 is 11.6 Å². The molecule has 134 valence electrons. The Kier molecular flexibility index (Phi) is 4.73. The molecule has 0 N–H and O–H groups in total. The number of benzene rings is 1. The highest BCUT2D eigenvalue weighted by Crippen LogP contribution is 2.18. The Morgan fingerprint density at radius 3 is 2.73 bits per heavy atom. The van der Waals surface area contributed by atoms with Gasteiger partial charge in [0.1, 0.15) is 0 Å². The van der Waals surface area contributed by atoms with Crippen molar-refractivity contribution in [1.29, 1.82) is 0 Å². The summed E-state index contributed by atoms with van der Waals surface area (Å²) >= 11 is 5.97. The zero-order chi connectivity index (χ0) is 17.9. The minimum absolute atomic E-state index is 0.00467. The van der Waals surface area contributed by atoms with Crippen LogP contribution in [0.15, 0.2) is 51.6 Å². The van der Waals surface area contributed by atoms with Crippen LogP contribution in [0.4, 0.5) is 0 Å². The van der Waals surface area contributed by atoms with Gasteiger partial charge in [0.05, 0.1) is 12.8 Å². The molecule has 0 aliphatic carbocycles. The number of carbonyl (C=O) groups is 1. The Morgan fingerprint density at radius 1 is 1.15 bits per heavy atom. The number of halogens is 1. The van der Waals surface area contributed by atoms with Crippen molar-refractivity contribution in [3.8, 4) is 11.6 Å². The summed E-state index contributed by atoms with van der Waals surface area (Å²) in [6, 6.07) is 10.6. The van der Waals surface area contributed by atoms with Crippen molar-refractivity contribution < 1.29 is 13.7 Å². The van der Waals surface area contributed by atoms with E-state index in [4.69, 9.17) is 20.5 Å². The van der Waals surface area contributed by atoms with Crippen LogP contribution in [0, 0.1) is 0 Å². The molecule has 1 fully saturated rings. The molecule has 8 heteroatoms. The summed E-state index contributed by atoms with van der Waals surface area (Å²) in [5.41, 5.74) is 0.617. The molecule has 0 saturated carbocycles. The zero-order valence-corrected chi connectivity index (χ0v) is 14.7. The van der Waals surface area contributed by atoms with E-state index in [2.05, 4.69) is 15.0 Å². The van der Waals surface area contributed by atoms with Crippen molar-refractivity contribution in [2.45, 2.75) is 6.54 Å². The lowest BCUT2D eigenvalue weighted by Gasteiger charge is -2.34. The SMILES string of the molecule is O=C(c1cccc(Cl)c1)N1CCN(Cc2nc(-c3ccco3)no2)CC1. The molecule has 1 saturated heterocycles. The lowest BCUT2D eigenvalue weighted by atomic mass is 10.2. The highest BCUT2D eigenvalue weighted by Gasteiger charge is 2.23. The topological polar surface area (TPSA) is 75.6 Å². The molecule has 0 spiro atoms. The van der Waals surface area contributed by atoms with Crippen LogP contribution in [0.5, 0.6) is 0 Å². The molecule has 1 aliphatic rings. The molecule has 0 radical (unpaired) electrons. The lowest BCUT2D eigenvalue weighted by molar-refractivity contribution is 0.0615. The summed E-state index contributed by atoms with van der Waals surface area (Å²) in [5.74, 6) is 1.56. The van der Waals surface area contributed by atoms with E-state index in [-0.39, 0.29) is 5.91 Å². The molecule has 7 nitrogen and oxygen atoms in total. The maximum absolute atomic E-state index is 12.5. The third-order valence-electron chi connectivity index (χ3n) is 4.30. The second kappa shape index (κ2) is 7.31. The predicted molar refractivity (Wildman–Crippen MR) is 94.6 cm³/mol. The highest BCUT2D eigenvalue weighted by molar-refractivity contribution is 6.30. The number of amides is 1. The van der Waals surface area contributed by atoms with Gasteiger partial charge in [-0.1, -0.05) is 22.8 Å². The maximum atomic E-state index is 12.5. The van der Waals surface area contributed by atoms with Gasteiger partial charge in [0, 0.05) is 36.8 Å². The highest BCUT2D eigenvalue weighted by atomic mass is 35.5. The summed E-state index contributed by atoms with van der Waals surface area (Å²) in [5, 5.41) is 4.50. The average molecular weight is 373 g/mol. The number of aromatic nitrogens is 2. The van der Waals surface area contributed by atoms with E-state index < -0.39 is 0 Å². The van der Waals surface area contributed by atoms with E-state index in [1.54, 1.807) is 42.7 Å². The fourth-order valence-electron chi connectivity index (χ4n) is 2.93. The van der Waals surface area contributed by atoms with Crippen LogP contribution in [0.25, 0.3) is 11.6 Å². The molecular weight excluding hydrogens is 356 g/mol. The Labute approximate surface area is 155 Å². The van der Waals surface area contributed by atoms with Crippen LogP contribution in [-0.4, -0.2) is 52.0 Å². The molecule has 0 unspecified atom stereocenters. The van der Waals surface area contributed by atoms with E-state index in [1.165, 1.54) is 0 Å². The largest absolute Gasteiger partial charge is 0.461 e. The van der Waals surface area contributed by atoms with Crippen molar-refractivity contribution in [2.75, 3.05) is 26.2 Å². The van der Waals surface area contributed by atoms with Gasteiger partial charge >= 0.3 is 0 Å². The summed E-state index contributed by atoms with van der Waals surface area (Å²) in [6.07, 6.45) is 1.57. The Bertz CT molecular complexity index is 885. The summed E-state index contributed by atoms with van der Waals surface area (Å²) in [7, 11) is 0. The first kappa shape index (κ1) is 16.8. The van der Waals surface area contributed by atoms with E-state index in [0.29, 0.717) is 47.7 Å². The summed E-state index contributed by atoms with van der Waals surface area (Å²) < 4.78 is 10.6. The first-order valence-corrected chi connectivity index (χ1v) is 8.70. The maximum Gasteiger partial charge on any atom is 0.253 e. The van der Waals surface area contributed by atoms with Gasteiger partial charge in [0.2, 0.25) is 11.7 Å². The van der Waals surface area contributed by atoms with Gasteiger partial charge in [-0.3, -0.25) is 9.69 Å². The molecule has 26 heavy (non-hydrogen) atoms. The number of nitrogens with zero attached hydrogens (tertiary/aromatic N) is 4. The van der Waals surface area contributed by atoms with Crippen LogP contribution in [-0.2, 0) is 6.54 Å². The summed E-state index contributed by atoms with van der Waals surface area (Å²) in [6.45, 7) is 3.32. The van der Waals surface area contributed by atoms with Crippen molar-refractivity contribution in [3.63, 3.8) is 0 Å². The molecular formula is C18H17ClN4O3. The van der Waals surface area contributed by atoms with Gasteiger partial charge in [-0.25, -0.2) is 0 Å². The van der Waals surface area contributed by atoms with Crippen LogP contribution < -0.4 is 0 Å². The number of piperazine rings is 1. The average Bonchev–Trinajstić information content (AvgIpc) is 3.33. The second-order valence-electron chi connectivity index (χ2n) is 6.07. The third-order valence-corrected chi connectivity index (χ3v) is 4.53. The Morgan fingerprint density at radius 2 is 2.00 bits per heavy atom. The number of furan rings is 1. The van der Waals surface area contributed by atoms with Gasteiger partial charge < -0.3 is 13.8 Å². The molecule has 0 atom stereocenters. The monoisotopic (exact) mass is 372 g/mol. The van der Waals surface area contributed by atoms with Crippen molar-refractivity contribution in [1.82, 2.24) is 19.9 Å². The zero-order valence-electron chi connectivity index (χ0n) is 14.0. The van der Waals surface area contributed by atoms with E-state index >= 15 is 0 Å². The predicted octanol–water partition coefficient (Wildman–Crippen LogP) is 2.94. The quantitative estimate of drug-likeness (QED) is 0.701. The van der Waals surface area contributed by atoms with E-state index in [0.717, 1.165) is 13.1 Å². The molecule has 3 aromatic rings. The number of rotatable bonds is 4. The van der Waals surface area contributed by atoms with Crippen LogP contribution in [0.3, 0.4) is 0 Å². The van der Waals surface area contributed by atoms with E-state index in [9.17, 15) is 4.79 Å². The first-order chi connectivity index (χ1) is 12.7. The molecule has 2 aromatic heterocycles. The molecule has 1 aromatic carbocycles. The van der Waals surface area contributed by atoms with Gasteiger partial charge in [0.25, 0.3) is 5.91 Å². The minimum atomic E-state index is 0.00467. The van der Waals surface area contributed by atoms with E-state index in [1.807, 2.05) is 4.90 Å². The van der Waals surface area contributed by atoms with Crippen molar-refractivity contribution in [3.05, 3.63) is 59.1 Å². The second-order valence-corrected chi connectivity index (χ2v) is 6.50. The Balaban J connectivity index is 1.33. The fourth-order valence-corrected chi connectivity index (χ4v) is 3.12. The minimum Gasteiger partial charge on any atom is -0.461 e. The molecule has 4 rings (SSSR count). The molecule has 1 aliphatic heterocycles. The third kappa shape index (κ3) is 3.63. The van der Waals surface area contributed by atoms with Crippen molar-refractivity contribution in [2.24, 2.45) is 0 Å². The van der Waals surface area contributed by atoms with Crippen molar-refractivity contribution >= 4 is 17.5 Å². The number of carbonyl (C=O) groups excluding carboxylic acids is 1. The summed E-state index contributed by atoms with van der Waals surface area (Å²) in [4.78, 5) is 20.9. The lowest BCUT2D eigenvalue weighted by Crippen LogP contribution is -2.48. The standard InChI is InChI=1S/C18H17ClN4O3/c19-14-4-1-3-13(11-14)18(24)23-8-6-22(7-9-23)12-16-20-17(21-26-16)15-5-2-10-25-15/h1-5,10-11H,6-9,12H2. The smallest absolute Gasteiger partial charge is 0.253 e. The normalized spacial score (nSPS) is 15.3. The van der Waals surface area contributed by atoms with Gasteiger partial charge in [-0.05, 0) is 30.3 Å². The Hall–Kier alpha value is -2.64. The van der Waals surface area contributed by atoms with Crippen LogP contribution in [0.1, 0.15) is 16.2 Å². The van der Waals surface area contributed by atoms with Gasteiger partial charge in [-0.2, -0.15) is 4.98 Å².